The van der Waals surface area contributed by atoms with Crippen molar-refractivity contribution in [1.82, 2.24) is 5.16 Å². The molecule has 5 aromatic rings. The van der Waals surface area contributed by atoms with E-state index in [0.717, 1.165) is 38.2 Å². The number of ether oxygens (including phenoxy) is 1. The summed E-state index contributed by atoms with van der Waals surface area (Å²) in [6, 6.07) is 26.8. The molecule has 0 fully saturated rings. The number of hydrogen-bond donors (Lipinski definition) is 0. The zero-order chi connectivity index (χ0) is 21.4. The molecule has 0 saturated heterocycles. The lowest BCUT2D eigenvalue weighted by atomic mass is 9.86. The van der Waals surface area contributed by atoms with E-state index in [9.17, 15) is 4.79 Å². The van der Waals surface area contributed by atoms with Crippen LogP contribution in [0.1, 0.15) is 23.0 Å². The van der Waals surface area contributed by atoms with Crippen LogP contribution in [0.3, 0.4) is 0 Å². The Morgan fingerprint density at radius 2 is 1.32 bits per heavy atom. The van der Waals surface area contributed by atoms with Crippen LogP contribution in [0.25, 0.3) is 43.9 Å². The van der Waals surface area contributed by atoms with Gasteiger partial charge in [-0.15, -0.1) is 0 Å². The fourth-order valence-electron chi connectivity index (χ4n) is 4.29. The van der Waals surface area contributed by atoms with Gasteiger partial charge in [0.2, 0.25) is 0 Å². The van der Waals surface area contributed by atoms with Gasteiger partial charge in [0.25, 0.3) is 0 Å². The zero-order valence-corrected chi connectivity index (χ0v) is 17.4. The minimum absolute atomic E-state index is 0.289. The Morgan fingerprint density at radius 1 is 0.806 bits per heavy atom. The normalized spacial score (nSPS) is 11.2. The molecule has 4 nitrogen and oxygen atoms in total. The van der Waals surface area contributed by atoms with Crippen molar-refractivity contribution >= 4 is 27.5 Å². The number of rotatable bonds is 4. The molecule has 0 spiro atoms. The first-order chi connectivity index (χ1) is 15.2. The van der Waals surface area contributed by atoms with Gasteiger partial charge >= 0.3 is 5.97 Å². The first-order valence-corrected chi connectivity index (χ1v) is 10.3. The van der Waals surface area contributed by atoms with Gasteiger partial charge in [0.15, 0.2) is 0 Å². The molecule has 0 unspecified atom stereocenters. The average Bonchev–Trinajstić information content (AvgIpc) is 3.19. The molecule has 4 heteroatoms. The lowest BCUT2D eigenvalue weighted by Crippen LogP contribution is -2.07. The summed E-state index contributed by atoms with van der Waals surface area (Å²) in [4.78, 5) is 12.8. The molecule has 0 aliphatic carbocycles. The van der Waals surface area contributed by atoms with Gasteiger partial charge in [0, 0.05) is 5.56 Å². The van der Waals surface area contributed by atoms with Crippen LogP contribution < -0.4 is 0 Å². The molecule has 0 aliphatic rings. The topological polar surface area (TPSA) is 52.3 Å². The van der Waals surface area contributed by atoms with Crippen LogP contribution in [-0.4, -0.2) is 17.7 Å². The van der Waals surface area contributed by atoms with E-state index in [0.29, 0.717) is 17.0 Å². The Kier molecular flexibility index (Phi) is 4.75. The van der Waals surface area contributed by atoms with Crippen molar-refractivity contribution in [2.45, 2.75) is 13.8 Å². The maximum Gasteiger partial charge on any atom is 0.344 e. The van der Waals surface area contributed by atoms with Crippen LogP contribution in [0.2, 0.25) is 0 Å². The standard InChI is InChI=1S/C27H21NO3/c1-3-30-27(29)23-17(2)31-28-26(23)25-21-15-9-7-13-19(21)24(18-11-5-4-6-12-18)20-14-8-10-16-22(20)25/h4-16H,3H2,1-2H3. The third-order valence-corrected chi connectivity index (χ3v) is 5.57. The quantitative estimate of drug-likeness (QED) is 0.243. The van der Waals surface area contributed by atoms with Gasteiger partial charge < -0.3 is 9.26 Å². The lowest BCUT2D eigenvalue weighted by molar-refractivity contribution is 0.0525. The van der Waals surface area contributed by atoms with Crippen molar-refractivity contribution in [3.63, 3.8) is 0 Å². The monoisotopic (exact) mass is 407 g/mol. The third kappa shape index (κ3) is 3.08. The van der Waals surface area contributed by atoms with Crippen molar-refractivity contribution in [1.29, 1.82) is 0 Å². The predicted molar refractivity (Wildman–Crippen MR) is 123 cm³/mol. The van der Waals surface area contributed by atoms with Crippen molar-refractivity contribution < 1.29 is 14.1 Å². The minimum Gasteiger partial charge on any atom is -0.462 e. The van der Waals surface area contributed by atoms with E-state index in [-0.39, 0.29) is 6.61 Å². The molecule has 5 rings (SSSR count). The van der Waals surface area contributed by atoms with Crippen molar-refractivity contribution in [2.24, 2.45) is 0 Å². The van der Waals surface area contributed by atoms with Crippen LogP contribution in [0.5, 0.6) is 0 Å². The van der Waals surface area contributed by atoms with E-state index in [1.807, 2.05) is 42.5 Å². The molecule has 0 saturated carbocycles. The Balaban J connectivity index is 1.94. The number of aryl methyl sites for hydroxylation is 1. The summed E-state index contributed by atoms with van der Waals surface area (Å²) in [6.45, 7) is 3.82. The van der Waals surface area contributed by atoms with Crippen LogP contribution in [-0.2, 0) is 4.74 Å². The van der Waals surface area contributed by atoms with Gasteiger partial charge in [-0.1, -0.05) is 84.0 Å². The molecule has 31 heavy (non-hydrogen) atoms. The molecule has 4 aromatic carbocycles. The zero-order valence-electron chi connectivity index (χ0n) is 17.4. The number of aromatic nitrogens is 1. The van der Waals surface area contributed by atoms with Crippen molar-refractivity contribution in [2.75, 3.05) is 6.61 Å². The van der Waals surface area contributed by atoms with Crippen LogP contribution in [0, 0.1) is 6.92 Å². The predicted octanol–water partition coefficient (Wildman–Crippen LogP) is 6.80. The second-order valence-corrected chi connectivity index (χ2v) is 7.39. The van der Waals surface area contributed by atoms with Gasteiger partial charge in [-0.05, 0) is 46.5 Å². The second kappa shape index (κ2) is 7.73. The molecular formula is C27H21NO3. The molecular weight excluding hydrogens is 386 g/mol. The van der Waals surface area contributed by atoms with E-state index in [1.54, 1.807) is 13.8 Å². The minimum atomic E-state index is -0.420. The fourth-order valence-corrected chi connectivity index (χ4v) is 4.29. The van der Waals surface area contributed by atoms with E-state index >= 15 is 0 Å². The van der Waals surface area contributed by atoms with Crippen LogP contribution in [0.4, 0.5) is 0 Å². The fraction of sp³-hybridized carbons (Fsp3) is 0.111. The summed E-state index contributed by atoms with van der Waals surface area (Å²) < 4.78 is 10.8. The largest absolute Gasteiger partial charge is 0.462 e. The molecule has 0 amide bonds. The third-order valence-electron chi connectivity index (χ3n) is 5.57. The highest BCUT2D eigenvalue weighted by Gasteiger charge is 2.26. The van der Waals surface area contributed by atoms with Crippen molar-refractivity contribution in [3.8, 4) is 22.4 Å². The van der Waals surface area contributed by atoms with Crippen molar-refractivity contribution in [3.05, 3.63) is 90.2 Å². The Hall–Kier alpha value is -3.92. The molecule has 0 radical (unpaired) electrons. The number of nitrogens with zero attached hydrogens (tertiary/aromatic N) is 1. The Bertz CT molecular complexity index is 1360. The summed E-state index contributed by atoms with van der Waals surface area (Å²) in [6.07, 6.45) is 0. The Morgan fingerprint density at radius 3 is 1.87 bits per heavy atom. The SMILES string of the molecule is CCOC(=O)c1c(-c2c3ccccc3c(-c3ccccc3)c3ccccc23)noc1C. The number of carbonyl (C=O) groups is 1. The number of carbonyl (C=O) groups excluding carboxylic acids is 1. The summed E-state index contributed by atoms with van der Waals surface area (Å²) in [5.41, 5.74) is 4.08. The average molecular weight is 407 g/mol. The second-order valence-electron chi connectivity index (χ2n) is 7.39. The molecule has 1 heterocycles. The van der Waals surface area contributed by atoms with Gasteiger partial charge in [-0.2, -0.15) is 0 Å². The molecule has 0 bridgehead atoms. The van der Waals surface area contributed by atoms with Crippen LogP contribution >= 0.6 is 0 Å². The van der Waals surface area contributed by atoms with Gasteiger partial charge in [-0.3, -0.25) is 0 Å². The van der Waals surface area contributed by atoms with E-state index < -0.39 is 5.97 Å². The first-order valence-electron chi connectivity index (χ1n) is 10.3. The number of hydrogen-bond acceptors (Lipinski definition) is 4. The molecule has 0 N–H and O–H groups in total. The highest BCUT2D eigenvalue weighted by molar-refractivity contribution is 6.22. The molecule has 1 aromatic heterocycles. The summed E-state index contributed by atoms with van der Waals surface area (Å²) in [7, 11) is 0. The Labute approximate surface area is 180 Å². The van der Waals surface area contributed by atoms with E-state index in [2.05, 4.69) is 41.6 Å². The highest BCUT2D eigenvalue weighted by Crippen LogP contribution is 2.44. The number of fused-ring (bicyclic) bond motifs is 2. The van der Waals surface area contributed by atoms with Gasteiger partial charge in [-0.25, -0.2) is 4.79 Å². The van der Waals surface area contributed by atoms with E-state index in [1.165, 1.54) is 0 Å². The van der Waals surface area contributed by atoms with Gasteiger partial charge in [0.05, 0.1) is 6.61 Å². The van der Waals surface area contributed by atoms with Crippen LogP contribution in [0.15, 0.2) is 83.4 Å². The molecule has 152 valence electrons. The number of benzene rings is 4. The van der Waals surface area contributed by atoms with E-state index in [4.69, 9.17) is 9.26 Å². The van der Waals surface area contributed by atoms with Gasteiger partial charge in [0.1, 0.15) is 17.0 Å². The smallest absolute Gasteiger partial charge is 0.344 e. The summed E-state index contributed by atoms with van der Waals surface area (Å²) in [5, 5.41) is 8.53. The molecule has 0 aliphatic heterocycles. The number of esters is 1. The lowest BCUT2D eigenvalue weighted by Gasteiger charge is -2.16. The summed E-state index contributed by atoms with van der Waals surface area (Å²) >= 11 is 0. The maximum atomic E-state index is 12.8. The molecule has 0 atom stereocenters. The highest BCUT2D eigenvalue weighted by atomic mass is 16.5. The summed E-state index contributed by atoms with van der Waals surface area (Å²) in [5.74, 6) is 0.0327. The maximum absolute atomic E-state index is 12.8. The first kappa shape index (κ1) is 19.1.